The Morgan fingerprint density at radius 1 is 1.20 bits per heavy atom. The smallest absolute Gasteiger partial charge is 0.407 e. The number of nitrogens with zero attached hydrogens (tertiary/aromatic N) is 3. The number of fused-ring (bicyclic) bond motifs is 1. The summed E-state index contributed by atoms with van der Waals surface area (Å²) >= 11 is 6.40. The first-order valence-electron chi connectivity index (χ1n) is 11.5. The molecule has 3 heterocycles. The average molecular weight is 493 g/mol. The Labute approximate surface area is 207 Å². The molecule has 180 valence electrons. The minimum absolute atomic E-state index is 0.113. The Hall–Kier alpha value is -3.78. The van der Waals surface area contributed by atoms with E-state index < -0.39 is 6.09 Å². The number of hydrogen-bond donors (Lipinski definition) is 2. The maximum absolute atomic E-state index is 12.6. The lowest BCUT2D eigenvalue weighted by molar-refractivity contribution is -0.117. The summed E-state index contributed by atoms with van der Waals surface area (Å²) < 4.78 is 7.99. The minimum Gasteiger partial charge on any atom is -0.465 e. The summed E-state index contributed by atoms with van der Waals surface area (Å²) in [5, 5.41) is 18.2. The fourth-order valence-electron chi connectivity index (χ4n) is 4.65. The van der Waals surface area contributed by atoms with Gasteiger partial charge in [-0.05, 0) is 38.0 Å². The lowest BCUT2D eigenvalue weighted by atomic mass is 10.1. The van der Waals surface area contributed by atoms with Crippen molar-refractivity contribution < 1.29 is 19.1 Å². The van der Waals surface area contributed by atoms with Crippen LogP contribution < -0.4 is 5.32 Å². The number of benzene rings is 2. The number of aromatic nitrogens is 2. The Morgan fingerprint density at radius 2 is 2.00 bits per heavy atom. The third-order valence-electron chi connectivity index (χ3n) is 6.33. The summed E-state index contributed by atoms with van der Waals surface area (Å²) in [7, 11) is 0. The highest BCUT2D eigenvalue weighted by atomic mass is 35.5. The fraction of sp³-hybridized carbons (Fsp3) is 0.269. The van der Waals surface area contributed by atoms with Gasteiger partial charge in [0.2, 0.25) is 5.91 Å². The van der Waals surface area contributed by atoms with Crippen molar-refractivity contribution in [3.05, 3.63) is 70.9 Å². The molecule has 1 aliphatic rings. The number of carbonyl (C=O) groups is 2. The molecule has 0 aliphatic carbocycles. The molecule has 1 atom stereocenters. The molecule has 0 bridgehead atoms. The largest absolute Gasteiger partial charge is 0.465 e. The number of carboxylic acid groups (broad SMARTS) is 1. The van der Waals surface area contributed by atoms with Crippen molar-refractivity contribution in [2.24, 2.45) is 0 Å². The van der Waals surface area contributed by atoms with Crippen LogP contribution in [-0.4, -0.2) is 44.4 Å². The summed E-state index contributed by atoms with van der Waals surface area (Å²) in [5.41, 5.74) is 3.46. The van der Waals surface area contributed by atoms with Gasteiger partial charge in [-0.2, -0.15) is 5.10 Å². The summed E-state index contributed by atoms with van der Waals surface area (Å²) in [6.45, 7) is 2.79. The molecule has 0 saturated carbocycles. The zero-order valence-corrected chi connectivity index (χ0v) is 20.0. The van der Waals surface area contributed by atoms with Gasteiger partial charge in [0.15, 0.2) is 5.82 Å². The number of aryl methyl sites for hydroxylation is 1. The van der Waals surface area contributed by atoms with Crippen molar-refractivity contribution in [1.29, 1.82) is 0 Å². The zero-order valence-electron chi connectivity index (χ0n) is 19.2. The Morgan fingerprint density at radius 3 is 2.77 bits per heavy atom. The second-order valence-electron chi connectivity index (χ2n) is 8.81. The number of nitrogens with one attached hydrogen (secondary N) is 1. The summed E-state index contributed by atoms with van der Waals surface area (Å²) in [6.07, 6.45) is 0.584. The minimum atomic E-state index is -0.985. The molecule has 4 aromatic rings. The van der Waals surface area contributed by atoms with E-state index in [4.69, 9.17) is 16.0 Å². The van der Waals surface area contributed by atoms with E-state index >= 15 is 0 Å². The van der Waals surface area contributed by atoms with Crippen LogP contribution in [0, 0.1) is 6.92 Å². The average Bonchev–Trinajstić information content (AvgIpc) is 3.53. The van der Waals surface area contributed by atoms with E-state index in [-0.39, 0.29) is 18.4 Å². The fourth-order valence-corrected chi connectivity index (χ4v) is 4.90. The van der Waals surface area contributed by atoms with E-state index in [2.05, 4.69) is 10.4 Å². The predicted molar refractivity (Wildman–Crippen MR) is 134 cm³/mol. The molecule has 1 aliphatic heterocycles. The maximum Gasteiger partial charge on any atom is 0.407 e. The van der Waals surface area contributed by atoms with Crippen molar-refractivity contribution >= 4 is 40.4 Å². The second-order valence-corrected chi connectivity index (χ2v) is 9.25. The van der Waals surface area contributed by atoms with Crippen LogP contribution in [0.1, 0.15) is 30.5 Å². The third kappa shape index (κ3) is 4.88. The van der Waals surface area contributed by atoms with Crippen molar-refractivity contribution in [1.82, 2.24) is 14.7 Å². The van der Waals surface area contributed by atoms with Crippen molar-refractivity contribution in [2.75, 3.05) is 11.9 Å². The van der Waals surface area contributed by atoms with Gasteiger partial charge in [0.05, 0.1) is 6.54 Å². The van der Waals surface area contributed by atoms with Gasteiger partial charge < -0.3 is 19.7 Å². The number of halogens is 1. The molecule has 0 spiro atoms. The summed E-state index contributed by atoms with van der Waals surface area (Å²) in [6, 6.07) is 17.1. The number of rotatable bonds is 6. The zero-order chi connectivity index (χ0) is 24.5. The predicted octanol–water partition coefficient (Wildman–Crippen LogP) is 5.78. The van der Waals surface area contributed by atoms with E-state index in [9.17, 15) is 14.7 Å². The van der Waals surface area contributed by atoms with Gasteiger partial charge in [0, 0.05) is 52.3 Å². The summed E-state index contributed by atoms with van der Waals surface area (Å²) in [4.78, 5) is 25.2. The quantitative estimate of drug-likeness (QED) is 0.355. The van der Waals surface area contributed by atoms with E-state index in [0.29, 0.717) is 30.4 Å². The standard InChI is InChI=1S/C26H25ClN4O4/c1-16-10-23(28-24(32)14-21-8-5-9-30(21)26(33)34)29-31(16)15-19-12-20(27)11-18-13-22(35-25(18)19)17-6-3-2-4-7-17/h2-4,6-7,10-13,21H,5,8-9,14-15H2,1H3,(H,33,34)(H,28,29,32)/t21-/m0/s1. The van der Waals surface area contributed by atoms with Crippen LogP contribution >= 0.6 is 11.6 Å². The molecule has 0 radical (unpaired) electrons. The number of amides is 2. The van der Waals surface area contributed by atoms with Gasteiger partial charge >= 0.3 is 6.09 Å². The molecule has 35 heavy (non-hydrogen) atoms. The highest BCUT2D eigenvalue weighted by Gasteiger charge is 2.30. The van der Waals surface area contributed by atoms with Gasteiger partial charge in [-0.3, -0.25) is 9.48 Å². The van der Waals surface area contributed by atoms with Gasteiger partial charge in [0.25, 0.3) is 0 Å². The van der Waals surface area contributed by atoms with Gasteiger partial charge in [0.1, 0.15) is 11.3 Å². The van der Waals surface area contributed by atoms with Gasteiger partial charge in [-0.25, -0.2) is 4.79 Å². The van der Waals surface area contributed by atoms with E-state index in [1.807, 2.05) is 55.5 Å². The molecular formula is C26H25ClN4O4. The lowest BCUT2D eigenvalue weighted by Crippen LogP contribution is -2.36. The van der Waals surface area contributed by atoms with Crippen LogP contribution in [0.5, 0.6) is 0 Å². The number of likely N-dealkylation sites (tertiary alicyclic amines) is 1. The number of furan rings is 1. The maximum atomic E-state index is 12.6. The summed E-state index contributed by atoms with van der Waals surface area (Å²) in [5.74, 6) is 0.933. The molecule has 8 nitrogen and oxygen atoms in total. The first-order valence-corrected chi connectivity index (χ1v) is 11.9. The highest BCUT2D eigenvalue weighted by Crippen LogP contribution is 2.33. The Kier molecular flexibility index (Phi) is 6.21. The SMILES string of the molecule is Cc1cc(NC(=O)C[C@@H]2CCCN2C(=O)O)nn1Cc1cc(Cl)cc2cc(-c3ccccc3)oc12. The monoisotopic (exact) mass is 492 g/mol. The van der Waals surface area contributed by atoms with Crippen molar-refractivity contribution in [3.8, 4) is 11.3 Å². The number of anilines is 1. The molecule has 2 N–H and O–H groups in total. The van der Waals surface area contributed by atoms with Crippen LogP contribution in [0.3, 0.4) is 0 Å². The molecule has 2 aromatic carbocycles. The normalized spacial score (nSPS) is 15.6. The Bertz CT molecular complexity index is 1400. The highest BCUT2D eigenvalue weighted by molar-refractivity contribution is 6.31. The number of hydrogen-bond acceptors (Lipinski definition) is 4. The third-order valence-corrected chi connectivity index (χ3v) is 6.55. The van der Waals surface area contributed by atoms with E-state index in [1.165, 1.54) is 4.90 Å². The molecule has 2 amide bonds. The van der Waals surface area contributed by atoms with Gasteiger partial charge in [-0.15, -0.1) is 0 Å². The van der Waals surface area contributed by atoms with Crippen molar-refractivity contribution in [3.63, 3.8) is 0 Å². The van der Waals surface area contributed by atoms with Crippen LogP contribution in [0.4, 0.5) is 10.6 Å². The Balaban J connectivity index is 1.34. The lowest BCUT2D eigenvalue weighted by Gasteiger charge is -2.20. The van der Waals surface area contributed by atoms with E-state index in [1.54, 1.807) is 10.7 Å². The second kappa shape index (κ2) is 9.46. The van der Waals surface area contributed by atoms with E-state index in [0.717, 1.165) is 40.0 Å². The van der Waals surface area contributed by atoms with Crippen LogP contribution in [0.15, 0.2) is 59.0 Å². The number of carbonyl (C=O) groups excluding carboxylic acids is 1. The van der Waals surface area contributed by atoms with Gasteiger partial charge in [-0.1, -0.05) is 41.9 Å². The van der Waals surface area contributed by atoms with Crippen LogP contribution in [0.25, 0.3) is 22.3 Å². The van der Waals surface area contributed by atoms with Crippen LogP contribution in [-0.2, 0) is 11.3 Å². The first-order chi connectivity index (χ1) is 16.9. The topological polar surface area (TPSA) is 101 Å². The molecular weight excluding hydrogens is 468 g/mol. The molecule has 1 fully saturated rings. The molecule has 1 saturated heterocycles. The first kappa shape index (κ1) is 23.0. The molecule has 2 aromatic heterocycles. The van der Waals surface area contributed by atoms with Crippen molar-refractivity contribution in [2.45, 2.75) is 38.8 Å². The molecule has 5 rings (SSSR count). The molecule has 9 heteroatoms. The van der Waals surface area contributed by atoms with Crippen LogP contribution in [0.2, 0.25) is 5.02 Å². The molecule has 0 unspecified atom stereocenters.